The van der Waals surface area contributed by atoms with E-state index >= 15 is 0 Å². The van der Waals surface area contributed by atoms with Crippen LogP contribution in [0.2, 0.25) is 5.02 Å². The summed E-state index contributed by atoms with van der Waals surface area (Å²) in [5.74, 6) is 0. The highest BCUT2D eigenvalue weighted by Crippen LogP contribution is 2.27. The lowest BCUT2D eigenvalue weighted by Crippen LogP contribution is -2.22. The van der Waals surface area contributed by atoms with E-state index in [9.17, 15) is 0 Å². The molecule has 0 spiro atoms. The second-order valence-electron chi connectivity index (χ2n) is 4.46. The lowest BCUT2D eigenvalue weighted by molar-refractivity contribution is 0.777. The predicted molar refractivity (Wildman–Crippen MR) is 82.7 cm³/mol. The van der Waals surface area contributed by atoms with Crippen LogP contribution in [0.4, 0.5) is 5.69 Å². The van der Waals surface area contributed by atoms with Gasteiger partial charge in [0.05, 0.1) is 16.8 Å². The first-order chi connectivity index (χ1) is 9.26. The molecule has 100 valence electrons. The molecular weight excluding hydrogens is 256 g/mol. The molecule has 3 heteroatoms. The summed E-state index contributed by atoms with van der Waals surface area (Å²) in [6.07, 6.45) is 0.997. The summed E-state index contributed by atoms with van der Waals surface area (Å²) in [5.41, 5.74) is 9.40. The van der Waals surface area contributed by atoms with Crippen LogP contribution in [0.15, 0.2) is 48.5 Å². The third-order valence-corrected chi connectivity index (χ3v) is 3.58. The van der Waals surface area contributed by atoms with Gasteiger partial charge < -0.3 is 11.1 Å². The average Bonchev–Trinajstić information content (AvgIpc) is 2.46. The van der Waals surface area contributed by atoms with Gasteiger partial charge in [0.15, 0.2) is 0 Å². The zero-order valence-electron chi connectivity index (χ0n) is 11.1. The van der Waals surface area contributed by atoms with E-state index in [0.29, 0.717) is 6.54 Å². The normalized spacial score (nSPS) is 12.2. The van der Waals surface area contributed by atoms with Crippen LogP contribution in [-0.4, -0.2) is 6.54 Å². The van der Waals surface area contributed by atoms with Crippen molar-refractivity contribution in [1.82, 2.24) is 0 Å². The Bertz CT molecular complexity index is 540. The first kappa shape index (κ1) is 13.9. The minimum Gasteiger partial charge on any atom is -0.376 e. The molecule has 19 heavy (non-hydrogen) atoms. The summed E-state index contributed by atoms with van der Waals surface area (Å²) in [6.45, 7) is 2.68. The van der Waals surface area contributed by atoms with Crippen LogP contribution in [0.5, 0.6) is 0 Å². The highest BCUT2D eigenvalue weighted by Gasteiger charge is 2.13. The second kappa shape index (κ2) is 6.60. The number of rotatable bonds is 5. The summed E-state index contributed by atoms with van der Waals surface area (Å²) in [6, 6.07) is 16.2. The molecule has 0 aliphatic heterocycles. The van der Waals surface area contributed by atoms with Gasteiger partial charge in [-0.15, -0.1) is 0 Å². The fourth-order valence-corrected chi connectivity index (χ4v) is 2.42. The van der Waals surface area contributed by atoms with Crippen molar-refractivity contribution < 1.29 is 0 Å². The molecule has 2 aromatic rings. The van der Waals surface area contributed by atoms with Crippen molar-refractivity contribution in [3.05, 3.63) is 64.7 Å². The molecule has 0 heterocycles. The summed E-state index contributed by atoms with van der Waals surface area (Å²) in [4.78, 5) is 0. The molecular formula is C16H19ClN2. The van der Waals surface area contributed by atoms with Crippen LogP contribution >= 0.6 is 11.6 Å². The maximum Gasteiger partial charge on any atom is 0.0639 e. The minimum atomic E-state index is 0.0797. The van der Waals surface area contributed by atoms with Crippen LogP contribution < -0.4 is 11.1 Å². The Balaban J connectivity index is 2.28. The van der Waals surface area contributed by atoms with Crippen molar-refractivity contribution in [2.24, 2.45) is 5.73 Å². The molecule has 1 unspecified atom stereocenters. The van der Waals surface area contributed by atoms with E-state index in [-0.39, 0.29) is 6.04 Å². The Kier molecular flexibility index (Phi) is 4.83. The molecule has 0 saturated heterocycles. The maximum atomic E-state index is 6.18. The molecule has 0 radical (unpaired) electrons. The van der Waals surface area contributed by atoms with E-state index in [1.54, 1.807) is 0 Å². The quantitative estimate of drug-likeness (QED) is 0.864. The number of nitrogens with two attached hydrogens (primary N) is 1. The number of hydrogen-bond acceptors (Lipinski definition) is 2. The highest BCUT2D eigenvalue weighted by atomic mass is 35.5. The minimum absolute atomic E-state index is 0.0797. The van der Waals surface area contributed by atoms with Crippen LogP contribution in [0, 0.1) is 0 Å². The zero-order valence-corrected chi connectivity index (χ0v) is 11.8. The summed E-state index contributed by atoms with van der Waals surface area (Å²) in [7, 11) is 0. The van der Waals surface area contributed by atoms with Gasteiger partial charge in [0.1, 0.15) is 0 Å². The first-order valence-corrected chi connectivity index (χ1v) is 6.93. The molecule has 2 nitrogen and oxygen atoms in total. The van der Waals surface area contributed by atoms with Crippen molar-refractivity contribution in [1.29, 1.82) is 0 Å². The zero-order chi connectivity index (χ0) is 13.7. The van der Waals surface area contributed by atoms with Crippen LogP contribution in [0.25, 0.3) is 0 Å². The van der Waals surface area contributed by atoms with Gasteiger partial charge in [0.25, 0.3) is 0 Å². The second-order valence-corrected chi connectivity index (χ2v) is 4.87. The topological polar surface area (TPSA) is 38.0 Å². The molecule has 0 amide bonds. The Labute approximate surface area is 119 Å². The molecule has 0 aromatic heterocycles. The van der Waals surface area contributed by atoms with Crippen molar-refractivity contribution in [2.45, 2.75) is 19.4 Å². The monoisotopic (exact) mass is 274 g/mol. The number of hydrogen-bond donors (Lipinski definition) is 2. The van der Waals surface area contributed by atoms with E-state index in [1.165, 1.54) is 11.1 Å². The maximum absolute atomic E-state index is 6.18. The fourth-order valence-electron chi connectivity index (χ4n) is 2.23. The largest absolute Gasteiger partial charge is 0.376 e. The average molecular weight is 275 g/mol. The van der Waals surface area contributed by atoms with E-state index in [0.717, 1.165) is 17.1 Å². The molecule has 1 atom stereocenters. The summed E-state index contributed by atoms with van der Waals surface area (Å²) >= 11 is 6.18. The number of nitrogens with one attached hydrogen (secondary N) is 1. The van der Waals surface area contributed by atoms with Crippen molar-refractivity contribution in [3.63, 3.8) is 0 Å². The van der Waals surface area contributed by atoms with Crippen LogP contribution in [-0.2, 0) is 6.42 Å². The van der Waals surface area contributed by atoms with Crippen LogP contribution in [0.1, 0.15) is 24.1 Å². The third-order valence-electron chi connectivity index (χ3n) is 3.25. The van der Waals surface area contributed by atoms with Crippen molar-refractivity contribution in [2.75, 3.05) is 11.9 Å². The van der Waals surface area contributed by atoms with Gasteiger partial charge in [-0.2, -0.15) is 0 Å². The molecule has 0 bridgehead atoms. The number of aryl methyl sites for hydroxylation is 1. The molecule has 3 N–H and O–H groups in total. The van der Waals surface area contributed by atoms with Gasteiger partial charge in [-0.3, -0.25) is 0 Å². The molecule has 2 aromatic carbocycles. The van der Waals surface area contributed by atoms with Crippen LogP contribution in [0.3, 0.4) is 0 Å². The van der Waals surface area contributed by atoms with E-state index in [2.05, 4.69) is 30.4 Å². The van der Waals surface area contributed by atoms with E-state index < -0.39 is 0 Å². The van der Waals surface area contributed by atoms with Gasteiger partial charge in [-0.05, 0) is 29.7 Å². The van der Waals surface area contributed by atoms with Gasteiger partial charge >= 0.3 is 0 Å². The number of para-hydroxylation sites is 1. The lowest BCUT2D eigenvalue weighted by Gasteiger charge is -2.22. The van der Waals surface area contributed by atoms with E-state index in [1.807, 2.05) is 30.3 Å². The summed E-state index contributed by atoms with van der Waals surface area (Å²) in [5, 5.41) is 4.15. The molecule has 2 rings (SSSR count). The smallest absolute Gasteiger partial charge is 0.0639 e. The standard InChI is InChI=1S/C16H19ClN2/c1-2-12-7-3-4-8-13(12)16(11-18)19-15-10-6-5-9-14(15)17/h3-10,16,19H,2,11,18H2,1H3. The van der Waals surface area contributed by atoms with Crippen molar-refractivity contribution >= 4 is 17.3 Å². The molecule has 0 fully saturated rings. The van der Waals surface area contributed by atoms with Gasteiger partial charge in [0, 0.05) is 6.54 Å². The Morgan fingerprint density at radius 2 is 1.79 bits per heavy atom. The lowest BCUT2D eigenvalue weighted by atomic mass is 9.98. The highest BCUT2D eigenvalue weighted by molar-refractivity contribution is 6.33. The SMILES string of the molecule is CCc1ccccc1C(CN)Nc1ccccc1Cl. The molecule has 0 aliphatic carbocycles. The predicted octanol–water partition coefficient (Wildman–Crippen LogP) is 4.01. The van der Waals surface area contributed by atoms with Gasteiger partial charge in [0.2, 0.25) is 0 Å². The molecule has 0 aliphatic rings. The third kappa shape index (κ3) is 3.28. The Hall–Kier alpha value is -1.51. The number of benzene rings is 2. The number of halogens is 1. The first-order valence-electron chi connectivity index (χ1n) is 6.55. The van der Waals surface area contributed by atoms with E-state index in [4.69, 9.17) is 17.3 Å². The van der Waals surface area contributed by atoms with Crippen molar-refractivity contribution in [3.8, 4) is 0 Å². The van der Waals surface area contributed by atoms with Gasteiger partial charge in [-0.1, -0.05) is 54.9 Å². The Morgan fingerprint density at radius 1 is 1.11 bits per heavy atom. The Morgan fingerprint density at radius 3 is 2.47 bits per heavy atom. The summed E-state index contributed by atoms with van der Waals surface area (Å²) < 4.78 is 0. The number of anilines is 1. The fraction of sp³-hybridized carbons (Fsp3) is 0.250. The molecule has 0 saturated carbocycles. The van der Waals surface area contributed by atoms with Gasteiger partial charge in [-0.25, -0.2) is 0 Å².